The molecular formula is C12H10F3N3O2. The van der Waals surface area contributed by atoms with Gasteiger partial charge in [0, 0.05) is 19.6 Å². The molecule has 0 spiro atoms. The predicted molar refractivity (Wildman–Crippen MR) is 61.3 cm³/mol. The number of piperazine rings is 1. The minimum absolute atomic E-state index is 0.121. The number of nitriles is 1. The lowest BCUT2D eigenvalue weighted by Crippen LogP contribution is -2.53. The van der Waals surface area contributed by atoms with Crippen LogP contribution in [0.1, 0.15) is 10.4 Å². The number of aromatic hydroxyl groups is 1. The van der Waals surface area contributed by atoms with E-state index in [4.69, 9.17) is 10.4 Å². The summed E-state index contributed by atoms with van der Waals surface area (Å²) in [4.78, 5) is 13.2. The summed E-state index contributed by atoms with van der Waals surface area (Å²) in [5.74, 6) is -7.34. The summed E-state index contributed by atoms with van der Waals surface area (Å²) in [5.41, 5.74) is -0.802. The van der Waals surface area contributed by atoms with Crippen LogP contribution in [-0.2, 0) is 0 Å². The van der Waals surface area contributed by atoms with Crippen LogP contribution < -0.4 is 5.32 Å². The van der Waals surface area contributed by atoms with Crippen LogP contribution in [0.15, 0.2) is 6.07 Å². The van der Waals surface area contributed by atoms with Crippen molar-refractivity contribution in [3.8, 4) is 11.8 Å². The molecule has 2 rings (SSSR count). The fourth-order valence-electron chi connectivity index (χ4n) is 1.96. The van der Waals surface area contributed by atoms with Crippen molar-refractivity contribution in [3.05, 3.63) is 29.1 Å². The number of hydrogen-bond acceptors (Lipinski definition) is 4. The van der Waals surface area contributed by atoms with Gasteiger partial charge in [-0.05, 0) is 6.07 Å². The molecule has 1 fully saturated rings. The Hall–Kier alpha value is -2.27. The fraction of sp³-hybridized carbons (Fsp3) is 0.333. The number of halogens is 3. The van der Waals surface area contributed by atoms with Crippen LogP contribution in [0, 0.1) is 28.8 Å². The first-order valence-electron chi connectivity index (χ1n) is 5.75. The van der Waals surface area contributed by atoms with Crippen LogP contribution in [0.5, 0.6) is 5.75 Å². The Morgan fingerprint density at radius 1 is 1.45 bits per heavy atom. The van der Waals surface area contributed by atoms with E-state index in [1.165, 1.54) is 0 Å². The Kier molecular flexibility index (Phi) is 3.81. The van der Waals surface area contributed by atoms with Crippen molar-refractivity contribution in [2.75, 3.05) is 19.6 Å². The Labute approximate surface area is 112 Å². The van der Waals surface area contributed by atoms with E-state index in [2.05, 4.69) is 5.32 Å². The molecule has 20 heavy (non-hydrogen) atoms. The number of carbonyl (C=O) groups is 1. The van der Waals surface area contributed by atoms with Gasteiger partial charge in [0.1, 0.15) is 6.04 Å². The minimum Gasteiger partial charge on any atom is -0.503 e. The molecule has 1 unspecified atom stereocenters. The molecule has 5 nitrogen and oxygen atoms in total. The number of rotatable bonds is 1. The number of carbonyl (C=O) groups excluding carboxylic acids is 1. The molecule has 8 heteroatoms. The van der Waals surface area contributed by atoms with Crippen molar-refractivity contribution in [1.82, 2.24) is 10.2 Å². The number of benzene rings is 1. The fourth-order valence-corrected chi connectivity index (χ4v) is 1.96. The van der Waals surface area contributed by atoms with Gasteiger partial charge < -0.3 is 15.3 Å². The second-order valence-corrected chi connectivity index (χ2v) is 4.23. The zero-order valence-electron chi connectivity index (χ0n) is 10.2. The average Bonchev–Trinajstić information content (AvgIpc) is 2.48. The van der Waals surface area contributed by atoms with Crippen LogP contribution in [0.3, 0.4) is 0 Å². The molecule has 0 bridgehead atoms. The number of phenols is 1. The molecule has 1 aromatic rings. The molecular weight excluding hydrogens is 275 g/mol. The normalized spacial score (nSPS) is 18.7. The summed E-state index contributed by atoms with van der Waals surface area (Å²) in [6.45, 7) is 0.705. The number of phenolic OH excluding ortho intramolecular Hbond substituents is 1. The Morgan fingerprint density at radius 2 is 2.15 bits per heavy atom. The Bertz CT molecular complexity index is 601. The molecule has 1 saturated heterocycles. The molecule has 1 aliphatic rings. The van der Waals surface area contributed by atoms with Gasteiger partial charge >= 0.3 is 0 Å². The van der Waals surface area contributed by atoms with E-state index < -0.39 is 40.7 Å². The molecule has 0 aliphatic carbocycles. The van der Waals surface area contributed by atoms with E-state index in [1.54, 1.807) is 0 Å². The summed E-state index contributed by atoms with van der Waals surface area (Å²) in [5, 5.41) is 20.9. The predicted octanol–water partition coefficient (Wildman–Crippen LogP) is 0.747. The Morgan fingerprint density at radius 3 is 2.80 bits per heavy atom. The van der Waals surface area contributed by atoms with E-state index in [-0.39, 0.29) is 13.1 Å². The number of amides is 1. The van der Waals surface area contributed by atoms with Gasteiger partial charge in [-0.25, -0.2) is 8.78 Å². The number of nitrogens with zero attached hydrogens (tertiary/aromatic N) is 2. The topological polar surface area (TPSA) is 76.4 Å². The molecule has 0 aromatic heterocycles. The van der Waals surface area contributed by atoms with Crippen LogP contribution in [0.2, 0.25) is 0 Å². The molecule has 106 valence electrons. The van der Waals surface area contributed by atoms with Gasteiger partial charge in [0.2, 0.25) is 5.82 Å². The summed E-state index contributed by atoms with van der Waals surface area (Å²) < 4.78 is 39.8. The lowest BCUT2D eigenvalue weighted by molar-refractivity contribution is 0.0680. The maximum Gasteiger partial charge on any atom is 0.258 e. The maximum absolute atomic E-state index is 13.7. The van der Waals surface area contributed by atoms with Gasteiger partial charge in [0.15, 0.2) is 17.4 Å². The van der Waals surface area contributed by atoms with Gasteiger partial charge in [-0.15, -0.1) is 0 Å². The quantitative estimate of drug-likeness (QED) is 0.746. The molecule has 0 radical (unpaired) electrons. The first kappa shape index (κ1) is 14.1. The monoisotopic (exact) mass is 285 g/mol. The molecule has 1 aliphatic heterocycles. The third-order valence-electron chi connectivity index (χ3n) is 3.02. The zero-order valence-corrected chi connectivity index (χ0v) is 10.2. The zero-order chi connectivity index (χ0) is 14.9. The third kappa shape index (κ3) is 2.28. The molecule has 1 amide bonds. The maximum atomic E-state index is 13.7. The summed E-state index contributed by atoms with van der Waals surface area (Å²) in [6, 6.07) is 1.39. The number of hydrogen-bond donors (Lipinski definition) is 2. The summed E-state index contributed by atoms with van der Waals surface area (Å²) in [6.07, 6.45) is 0. The largest absolute Gasteiger partial charge is 0.503 e. The van der Waals surface area contributed by atoms with E-state index in [9.17, 15) is 18.0 Å². The first-order chi connectivity index (χ1) is 9.47. The van der Waals surface area contributed by atoms with E-state index in [1.807, 2.05) is 6.07 Å². The lowest BCUT2D eigenvalue weighted by Gasteiger charge is -2.32. The van der Waals surface area contributed by atoms with Crippen LogP contribution in [0.25, 0.3) is 0 Å². The summed E-state index contributed by atoms with van der Waals surface area (Å²) >= 11 is 0. The average molecular weight is 285 g/mol. The minimum atomic E-state index is -1.75. The van der Waals surface area contributed by atoms with Crippen molar-refractivity contribution in [3.63, 3.8) is 0 Å². The highest BCUT2D eigenvalue weighted by Gasteiger charge is 2.31. The highest BCUT2D eigenvalue weighted by atomic mass is 19.2. The van der Waals surface area contributed by atoms with Crippen molar-refractivity contribution in [2.24, 2.45) is 0 Å². The second kappa shape index (κ2) is 5.38. The van der Waals surface area contributed by atoms with Crippen molar-refractivity contribution in [1.29, 1.82) is 5.26 Å². The van der Waals surface area contributed by atoms with E-state index in [0.29, 0.717) is 12.6 Å². The second-order valence-electron chi connectivity index (χ2n) is 4.23. The van der Waals surface area contributed by atoms with Gasteiger partial charge in [-0.3, -0.25) is 4.79 Å². The molecule has 2 N–H and O–H groups in total. The van der Waals surface area contributed by atoms with Crippen molar-refractivity contribution >= 4 is 5.91 Å². The van der Waals surface area contributed by atoms with Crippen molar-refractivity contribution in [2.45, 2.75) is 6.04 Å². The molecule has 0 saturated carbocycles. The smallest absolute Gasteiger partial charge is 0.258 e. The van der Waals surface area contributed by atoms with Gasteiger partial charge in [0.05, 0.1) is 11.6 Å². The van der Waals surface area contributed by atoms with Gasteiger partial charge in [-0.1, -0.05) is 0 Å². The van der Waals surface area contributed by atoms with Crippen LogP contribution in [-0.4, -0.2) is 41.6 Å². The molecule has 1 aromatic carbocycles. The lowest BCUT2D eigenvalue weighted by atomic mass is 10.1. The number of nitrogens with one attached hydrogen (secondary N) is 1. The first-order valence-corrected chi connectivity index (χ1v) is 5.75. The van der Waals surface area contributed by atoms with E-state index in [0.717, 1.165) is 4.90 Å². The van der Waals surface area contributed by atoms with Gasteiger partial charge in [0.25, 0.3) is 5.91 Å². The van der Waals surface area contributed by atoms with Crippen molar-refractivity contribution < 1.29 is 23.1 Å². The molecule has 1 atom stereocenters. The summed E-state index contributed by atoms with van der Waals surface area (Å²) in [7, 11) is 0. The Balaban J connectivity index is 2.41. The molecule has 1 heterocycles. The standard InChI is InChI=1S/C12H10F3N3O2/c13-8-3-7(9(14)11(19)10(8)15)12(20)18-2-1-17-5-6(18)4-16/h3,6,17,19H,1-2,5H2. The SMILES string of the molecule is N#CC1CNCCN1C(=O)c1cc(F)c(F)c(O)c1F. The highest BCUT2D eigenvalue weighted by Crippen LogP contribution is 2.27. The van der Waals surface area contributed by atoms with E-state index >= 15 is 0 Å². The van der Waals surface area contributed by atoms with Crippen LogP contribution in [0.4, 0.5) is 13.2 Å². The van der Waals surface area contributed by atoms with Gasteiger partial charge in [-0.2, -0.15) is 9.65 Å². The highest BCUT2D eigenvalue weighted by molar-refractivity contribution is 5.95. The van der Waals surface area contributed by atoms with Crippen LogP contribution >= 0.6 is 0 Å². The third-order valence-corrected chi connectivity index (χ3v) is 3.02.